The lowest BCUT2D eigenvalue weighted by molar-refractivity contribution is 0.0942. The average Bonchev–Trinajstić information content (AvgIpc) is 2.53. The monoisotopic (exact) mass is 409 g/mol. The van der Waals surface area contributed by atoms with Gasteiger partial charge in [0.25, 0.3) is 15.9 Å². The van der Waals surface area contributed by atoms with Crippen molar-refractivity contribution in [3.8, 4) is 0 Å². The average molecular weight is 410 g/mol. The predicted octanol–water partition coefficient (Wildman–Crippen LogP) is 2.48. The quantitative estimate of drug-likeness (QED) is 0.684. The van der Waals surface area contributed by atoms with E-state index in [2.05, 4.69) is 15.4 Å². The molecule has 0 radical (unpaired) electrons. The molecule has 1 amide bonds. The molecule has 0 spiro atoms. The molecule has 2 aromatic rings. The molecule has 1 aliphatic rings. The summed E-state index contributed by atoms with van der Waals surface area (Å²) in [5, 5.41) is 6.01. The van der Waals surface area contributed by atoms with Crippen LogP contribution in [0.2, 0.25) is 0 Å². The van der Waals surface area contributed by atoms with Gasteiger partial charge in [0.05, 0.1) is 4.90 Å². The minimum absolute atomic E-state index is 0. The summed E-state index contributed by atoms with van der Waals surface area (Å²) in [6.07, 6.45) is 0. The van der Waals surface area contributed by atoms with Crippen molar-refractivity contribution in [1.29, 1.82) is 0 Å². The van der Waals surface area contributed by atoms with E-state index in [1.54, 1.807) is 37.3 Å². The first-order valence-electron chi connectivity index (χ1n) is 8.54. The number of amides is 1. The van der Waals surface area contributed by atoms with Crippen LogP contribution in [0.25, 0.3) is 0 Å². The maximum absolute atomic E-state index is 12.8. The zero-order chi connectivity index (χ0) is 18.7. The Hall–Kier alpha value is -2.09. The third-order valence-corrected chi connectivity index (χ3v) is 5.95. The van der Waals surface area contributed by atoms with Crippen molar-refractivity contribution in [1.82, 2.24) is 10.6 Å². The van der Waals surface area contributed by atoms with Gasteiger partial charge in [-0.1, -0.05) is 18.2 Å². The van der Waals surface area contributed by atoms with Crippen LogP contribution in [0.15, 0.2) is 47.4 Å². The Balaban J connectivity index is 0.00000261. The number of rotatable bonds is 6. The number of carbonyl (C=O) groups excluding carboxylic acids is 1. The summed E-state index contributed by atoms with van der Waals surface area (Å²) in [6.45, 7) is 5.99. The SMILES string of the molecule is Cc1cccc(NS(=O)(=O)c2cc(C(=O)NCC3CNC3)ccc2C)c1.Cl. The van der Waals surface area contributed by atoms with E-state index in [-0.39, 0.29) is 23.2 Å². The van der Waals surface area contributed by atoms with Crippen molar-refractivity contribution >= 4 is 34.0 Å². The van der Waals surface area contributed by atoms with Crippen molar-refractivity contribution in [2.24, 2.45) is 5.92 Å². The normalized spacial score (nSPS) is 14.0. The molecule has 0 aliphatic carbocycles. The highest BCUT2D eigenvalue weighted by atomic mass is 35.5. The predicted molar refractivity (Wildman–Crippen MR) is 109 cm³/mol. The molecular weight excluding hydrogens is 386 g/mol. The fraction of sp³-hybridized carbons (Fsp3) is 0.316. The van der Waals surface area contributed by atoms with Crippen LogP contribution < -0.4 is 15.4 Å². The maximum Gasteiger partial charge on any atom is 0.262 e. The summed E-state index contributed by atoms with van der Waals surface area (Å²) in [6, 6.07) is 11.9. The smallest absolute Gasteiger partial charge is 0.262 e. The molecule has 0 unspecified atom stereocenters. The lowest BCUT2D eigenvalue weighted by Gasteiger charge is -2.27. The van der Waals surface area contributed by atoms with Crippen LogP contribution >= 0.6 is 12.4 Å². The van der Waals surface area contributed by atoms with Gasteiger partial charge in [-0.05, 0) is 49.2 Å². The fourth-order valence-electron chi connectivity index (χ4n) is 2.78. The number of aryl methyl sites for hydroxylation is 2. The Kier molecular flexibility index (Phi) is 6.86. The van der Waals surface area contributed by atoms with Gasteiger partial charge in [-0.2, -0.15) is 0 Å². The Morgan fingerprint density at radius 2 is 1.89 bits per heavy atom. The summed E-state index contributed by atoms with van der Waals surface area (Å²) in [5.74, 6) is 0.180. The molecule has 1 fully saturated rings. The topological polar surface area (TPSA) is 87.3 Å². The van der Waals surface area contributed by atoms with Gasteiger partial charge < -0.3 is 10.6 Å². The molecule has 1 aliphatic heterocycles. The highest BCUT2D eigenvalue weighted by Crippen LogP contribution is 2.21. The molecule has 2 aromatic carbocycles. The van der Waals surface area contributed by atoms with Crippen LogP contribution in [0.1, 0.15) is 21.5 Å². The summed E-state index contributed by atoms with van der Waals surface area (Å²) < 4.78 is 28.1. The van der Waals surface area contributed by atoms with E-state index in [0.717, 1.165) is 18.7 Å². The first kappa shape index (κ1) is 21.2. The Bertz CT molecular complexity index is 928. The maximum atomic E-state index is 12.8. The van der Waals surface area contributed by atoms with Crippen LogP contribution in [0.3, 0.4) is 0 Å². The number of anilines is 1. The minimum atomic E-state index is -3.78. The molecule has 3 rings (SSSR count). The van der Waals surface area contributed by atoms with E-state index in [1.807, 2.05) is 13.0 Å². The highest BCUT2D eigenvalue weighted by molar-refractivity contribution is 7.92. The molecule has 1 saturated heterocycles. The van der Waals surface area contributed by atoms with Crippen molar-refractivity contribution in [3.63, 3.8) is 0 Å². The second kappa shape index (κ2) is 8.73. The molecule has 0 aromatic heterocycles. The van der Waals surface area contributed by atoms with Crippen molar-refractivity contribution in [3.05, 3.63) is 59.2 Å². The molecule has 0 atom stereocenters. The van der Waals surface area contributed by atoms with Crippen LogP contribution in [0.5, 0.6) is 0 Å². The number of hydrogen-bond acceptors (Lipinski definition) is 4. The number of nitrogens with one attached hydrogen (secondary N) is 3. The summed E-state index contributed by atoms with van der Waals surface area (Å²) >= 11 is 0. The molecule has 146 valence electrons. The largest absolute Gasteiger partial charge is 0.352 e. The van der Waals surface area contributed by atoms with Gasteiger partial charge >= 0.3 is 0 Å². The molecule has 27 heavy (non-hydrogen) atoms. The highest BCUT2D eigenvalue weighted by Gasteiger charge is 2.21. The second-order valence-corrected chi connectivity index (χ2v) is 8.34. The molecule has 3 N–H and O–H groups in total. The third kappa shape index (κ3) is 5.22. The van der Waals surface area contributed by atoms with Gasteiger partial charge in [0.1, 0.15) is 0 Å². The fourth-order valence-corrected chi connectivity index (χ4v) is 4.10. The van der Waals surface area contributed by atoms with Gasteiger partial charge in [-0.3, -0.25) is 9.52 Å². The number of sulfonamides is 1. The van der Waals surface area contributed by atoms with E-state index < -0.39 is 10.0 Å². The Morgan fingerprint density at radius 1 is 1.15 bits per heavy atom. The third-order valence-electron chi connectivity index (χ3n) is 4.43. The number of carbonyl (C=O) groups is 1. The minimum Gasteiger partial charge on any atom is -0.352 e. The van der Waals surface area contributed by atoms with E-state index in [9.17, 15) is 13.2 Å². The van der Waals surface area contributed by atoms with Crippen molar-refractivity contribution in [2.75, 3.05) is 24.4 Å². The number of hydrogen-bond donors (Lipinski definition) is 3. The standard InChI is InChI=1S/C19H23N3O3S.ClH/c1-13-4-3-5-17(8-13)22-26(24,25)18-9-16(7-6-14(18)2)19(23)21-12-15-10-20-11-15;/h3-9,15,20,22H,10-12H2,1-2H3,(H,21,23);1H. The number of benzene rings is 2. The summed E-state index contributed by atoms with van der Waals surface area (Å²) in [4.78, 5) is 12.4. The first-order chi connectivity index (χ1) is 12.3. The Morgan fingerprint density at radius 3 is 2.52 bits per heavy atom. The lowest BCUT2D eigenvalue weighted by atomic mass is 10.0. The Labute approximate surface area is 166 Å². The van der Waals surface area contributed by atoms with Gasteiger partial charge in [0.15, 0.2) is 0 Å². The summed E-state index contributed by atoms with van der Waals surface area (Å²) in [5.41, 5.74) is 2.38. The molecule has 6 nitrogen and oxygen atoms in total. The van der Waals surface area contributed by atoms with Crippen molar-refractivity contribution < 1.29 is 13.2 Å². The van der Waals surface area contributed by atoms with E-state index in [0.29, 0.717) is 29.3 Å². The zero-order valence-electron chi connectivity index (χ0n) is 15.3. The first-order valence-corrected chi connectivity index (χ1v) is 10.0. The van der Waals surface area contributed by atoms with E-state index in [4.69, 9.17) is 0 Å². The van der Waals surface area contributed by atoms with Crippen molar-refractivity contribution in [2.45, 2.75) is 18.7 Å². The van der Waals surface area contributed by atoms with Crippen LogP contribution in [0.4, 0.5) is 5.69 Å². The zero-order valence-corrected chi connectivity index (χ0v) is 16.9. The van der Waals surface area contributed by atoms with Crippen LogP contribution in [-0.2, 0) is 10.0 Å². The van der Waals surface area contributed by atoms with Gasteiger partial charge in [-0.25, -0.2) is 8.42 Å². The van der Waals surface area contributed by atoms with E-state index in [1.165, 1.54) is 6.07 Å². The lowest BCUT2D eigenvalue weighted by Crippen LogP contribution is -2.48. The van der Waals surface area contributed by atoms with E-state index >= 15 is 0 Å². The summed E-state index contributed by atoms with van der Waals surface area (Å²) in [7, 11) is -3.78. The van der Waals surface area contributed by atoms with Gasteiger partial charge in [-0.15, -0.1) is 12.4 Å². The second-order valence-electron chi connectivity index (χ2n) is 6.69. The molecule has 1 heterocycles. The van der Waals surface area contributed by atoms with Crippen LogP contribution in [0, 0.1) is 19.8 Å². The van der Waals surface area contributed by atoms with Gasteiger partial charge in [0.2, 0.25) is 0 Å². The van der Waals surface area contributed by atoms with Crippen LogP contribution in [-0.4, -0.2) is 34.0 Å². The molecular formula is C19H24ClN3O3S. The molecule has 8 heteroatoms. The molecule has 0 bridgehead atoms. The van der Waals surface area contributed by atoms with Gasteiger partial charge in [0, 0.05) is 36.8 Å². The number of halogens is 1. The molecule has 0 saturated carbocycles.